The summed E-state index contributed by atoms with van der Waals surface area (Å²) in [5.74, 6) is 0.523. The first-order valence-corrected chi connectivity index (χ1v) is 5.04. The zero-order chi connectivity index (χ0) is 9.84. The molecule has 0 aromatic carbocycles. The molecule has 74 valence electrons. The number of hydrogen-bond acceptors (Lipinski definition) is 2. The largest absolute Gasteiger partial charge is 0.273 e. The maximum absolute atomic E-state index is 11.2. The second-order valence-corrected chi connectivity index (χ2v) is 3.56. The molecule has 0 fully saturated rings. The summed E-state index contributed by atoms with van der Waals surface area (Å²) in [6.45, 7) is 5.87. The molecule has 0 N–H and O–H groups in total. The molecule has 3 heteroatoms. The van der Waals surface area contributed by atoms with Crippen LogP contribution in [0, 0.1) is 5.92 Å². The summed E-state index contributed by atoms with van der Waals surface area (Å²) < 4.78 is 0. The van der Waals surface area contributed by atoms with E-state index in [1.807, 2.05) is 6.21 Å². The minimum absolute atomic E-state index is 0.0608. The van der Waals surface area contributed by atoms with Crippen LogP contribution in [0.2, 0.25) is 0 Å². The van der Waals surface area contributed by atoms with Gasteiger partial charge in [0.15, 0.2) is 0 Å². The van der Waals surface area contributed by atoms with Gasteiger partial charge in [-0.15, -0.1) is 0 Å². The van der Waals surface area contributed by atoms with Crippen molar-refractivity contribution in [3.05, 3.63) is 0 Å². The van der Waals surface area contributed by atoms with E-state index >= 15 is 0 Å². The molecule has 1 aliphatic rings. The summed E-state index contributed by atoms with van der Waals surface area (Å²) in [5, 5.41) is 5.78. The first-order valence-electron chi connectivity index (χ1n) is 5.04. The summed E-state index contributed by atoms with van der Waals surface area (Å²) in [7, 11) is 0. The van der Waals surface area contributed by atoms with E-state index in [9.17, 15) is 4.79 Å². The maximum atomic E-state index is 11.2. The Bertz CT molecular complexity index is 213. The lowest BCUT2D eigenvalue weighted by Gasteiger charge is -2.24. The van der Waals surface area contributed by atoms with E-state index in [0.29, 0.717) is 12.0 Å². The first kappa shape index (κ1) is 10.2. The lowest BCUT2D eigenvalue weighted by Crippen LogP contribution is -2.35. The van der Waals surface area contributed by atoms with Gasteiger partial charge in [0, 0.05) is 19.1 Å². The summed E-state index contributed by atoms with van der Waals surface area (Å²) in [5.41, 5.74) is 0. The molecule has 1 rings (SSSR count). The molecule has 0 aromatic heterocycles. The van der Waals surface area contributed by atoms with E-state index < -0.39 is 0 Å². The third-order valence-corrected chi connectivity index (χ3v) is 2.57. The van der Waals surface area contributed by atoms with Gasteiger partial charge in [0.2, 0.25) is 5.91 Å². The van der Waals surface area contributed by atoms with Gasteiger partial charge in [0.1, 0.15) is 0 Å². The molecule has 3 nitrogen and oxygen atoms in total. The van der Waals surface area contributed by atoms with Crippen molar-refractivity contribution in [2.24, 2.45) is 11.0 Å². The van der Waals surface area contributed by atoms with Crippen LogP contribution in [-0.2, 0) is 4.79 Å². The molecule has 0 spiro atoms. The summed E-state index contributed by atoms with van der Waals surface area (Å²) in [6, 6.07) is 0.312. The molecule has 0 unspecified atom stereocenters. The maximum Gasteiger partial charge on any atom is 0.239 e. The third-order valence-electron chi connectivity index (χ3n) is 2.57. The fraction of sp³-hybridized carbons (Fsp3) is 0.800. The van der Waals surface area contributed by atoms with Crippen LogP contribution in [0.1, 0.15) is 40.0 Å². The van der Waals surface area contributed by atoms with Crippen molar-refractivity contribution in [2.45, 2.75) is 46.1 Å². The average molecular weight is 182 g/mol. The molecule has 0 saturated heterocycles. The van der Waals surface area contributed by atoms with E-state index in [-0.39, 0.29) is 5.91 Å². The number of hydrogen-bond donors (Lipinski definition) is 0. The van der Waals surface area contributed by atoms with Crippen LogP contribution in [0.3, 0.4) is 0 Å². The number of amides is 1. The Kier molecular flexibility index (Phi) is 3.46. The second kappa shape index (κ2) is 4.40. The second-order valence-electron chi connectivity index (χ2n) is 3.56. The van der Waals surface area contributed by atoms with Gasteiger partial charge in [-0.05, 0) is 12.8 Å². The highest BCUT2D eigenvalue weighted by Crippen LogP contribution is 2.24. The molecular formula is C10H18N2O. The summed E-state index contributed by atoms with van der Waals surface area (Å²) >= 11 is 0. The van der Waals surface area contributed by atoms with Gasteiger partial charge in [-0.3, -0.25) is 4.79 Å². The molecule has 2 atom stereocenters. The van der Waals surface area contributed by atoms with Gasteiger partial charge in [-0.1, -0.05) is 20.3 Å². The molecule has 1 heterocycles. The standard InChI is InChI=1S/C10H18N2O/c1-4-6-10-9(5-2)7-11-12(10)8(3)13/h7,9-10H,4-6H2,1-3H3/t9-,10-/m1/s1. The number of carbonyl (C=O) groups is 1. The smallest absolute Gasteiger partial charge is 0.239 e. The fourth-order valence-electron chi connectivity index (χ4n) is 1.85. The lowest BCUT2D eigenvalue weighted by atomic mass is 9.95. The lowest BCUT2D eigenvalue weighted by molar-refractivity contribution is -0.131. The van der Waals surface area contributed by atoms with Crippen molar-refractivity contribution in [3.8, 4) is 0 Å². The van der Waals surface area contributed by atoms with Gasteiger partial charge in [0.25, 0.3) is 0 Å². The Labute approximate surface area is 79.8 Å². The first-order chi connectivity index (χ1) is 6.20. The third kappa shape index (κ3) is 2.08. The molecule has 0 aromatic rings. The van der Waals surface area contributed by atoms with Crippen LogP contribution < -0.4 is 0 Å². The van der Waals surface area contributed by atoms with Crippen LogP contribution in [0.5, 0.6) is 0 Å². The van der Waals surface area contributed by atoms with Crippen LogP contribution in [0.15, 0.2) is 5.10 Å². The quantitative estimate of drug-likeness (QED) is 0.657. The van der Waals surface area contributed by atoms with Crippen molar-refractivity contribution < 1.29 is 4.79 Å². The summed E-state index contributed by atoms with van der Waals surface area (Å²) in [6.07, 6.45) is 5.14. The molecule has 0 aliphatic carbocycles. The van der Waals surface area contributed by atoms with E-state index in [2.05, 4.69) is 18.9 Å². The fourth-order valence-corrected chi connectivity index (χ4v) is 1.85. The minimum atomic E-state index is 0.0608. The molecule has 0 bridgehead atoms. The zero-order valence-corrected chi connectivity index (χ0v) is 8.66. The van der Waals surface area contributed by atoms with Crippen LogP contribution >= 0.6 is 0 Å². The van der Waals surface area contributed by atoms with Gasteiger partial charge >= 0.3 is 0 Å². The number of nitrogens with zero attached hydrogens (tertiary/aromatic N) is 2. The Balaban J connectivity index is 2.66. The Morgan fingerprint density at radius 2 is 2.23 bits per heavy atom. The molecule has 13 heavy (non-hydrogen) atoms. The molecule has 0 saturated carbocycles. The van der Waals surface area contributed by atoms with E-state index in [1.54, 1.807) is 11.9 Å². The Morgan fingerprint density at radius 1 is 1.54 bits per heavy atom. The van der Waals surface area contributed by atoms with Crippen LogP contribution in [0.25, 0.3) is 0 Å². The molecule has 1 aliphatic heterocycles. The van der Waals surface area contributed by atoms with Crippen molar-refractivity contribution in [3.63, 3.8) is 0 Å². The molecule has 0 radical (unpaired) electrons. The van der Waals surface area contributed by atoms with E-state index in [0.717, 1.165) is 19.3 Å². The monoisotopic (exact) mass is 182 g/mol. The Hall–Kier alpha value is -0.860. The van der Waals surface area contributed by atoms with E-state index in [1.165, 1.54) is 0 Å². The highest BCUT2D eigenvalue weighted by molar-refractivity contribution is 5.78. The number of carbonyl (C=O) groups excluding carboxylic acids is 1. The number of hydrazone groups is 1. The predicted octanol–water partition coefficient (Wildman–Crippen LogP) is 2.03. The molecular weight excluding hydrogens is 164 g/mol. The van der Waals surface area contributed by atoms with E-state index in [4.69, 9.17) is 0 Å². The molecule has 1 amide bonds. The predicted molar refractivity (Wildman–Crippen MR) is 53.5 cm³/mol. The highest BCUT2D eigenvalue weighted by Gasteiger charge is 2.30. The highest BCUT2D eigenvalue weighted by atomic mass is 16.2. The van der Waals surface area contributed by atoms with Gasteiger partial charge in [-0.25, -0.2) is 5.01 Å². The minimum Gasteiger partial charge on any atom is -0.273 e. The van der Waals surface area contributed by atoms with Crippen molar-refractivity contribution in [2.75, 3.05) is 0 Å². The topological polar surface area (TPSA) is 32.7 Å². The zero-order valence-electron chi connectivity index (χ0n) is 8.66. The number of rotatable bonds is 3. The Morgan fingerprint density at radius 3 is 2.69 bits per heavy atom. The van der Waals surface area contributed by atoms with Crippen LogP contribution in [0.4, 0.5) is 0 Å². The van der Waals surface area contributed by atoms with Gasteiger partial charge in [0.05, 0.1) is 6.04 Å². The van der Waals surface area contributed by atoms with Gasteiger partial charge in [-0.2, -0.15) is 5.10 Å². The normalized spacial score (nSPS) is 26.8. The SMILES string of the molecule is CCC[C@@H]1[C@H](CC)C=NN1C(C)=O. The van der Waals surface area contributed by atoms with Gasteiger partial charge < -0.3 is 0 Å². The van der Waals surface area contributed by atoms with Crippen LogP contribution in [-0.4, -0.2) is 23.2 Å². The van der Waals surface area contributed by atoms with Crippen molar-refractivity contribution >= 4 is 12.1 Å². The summed E-state index contributed by atoms with van der Waals surface area (Å²) in [4.78, 5) is 11.2. The van der Waals surface area contributed by atoms with Crippen molar-refractivity contribution in [1.82, 2.24) is 5.01 Å². The van der Waals surface area contributed by atoms with Crippen molar-refractivity contribution in [1.29, 1.82) is 0 Å². The average Bonchev–Trinajstić information content (AvgIpc) is 2.48.